The van der Waals surface area contributed by atoms with Crippen molar-refractivity contribution in [1.82, 2.24) is 0 Å². The topological polar surface area (TPSA) is 33.0 Å². The second-order valence-electron chi connectivity index (χ2n) is 3.55. The van der Waals surface area contributed by atoms with Crippen LogP contribution in [0.3, 0.4) is 0 Å². The maximum absolute atomic E-state index is 8.81. The minimum atomic E-state index is 0.191. The largest absolute Gasteiger partial charge is 0.377 e. The summed E-state index contributed by atoms with van der Waals surface area (Å²) in [6.07, 6.45) is 4.97. The first-order valence-corrected chi connectivity index (χ1v) is 4.43. The van der Waals surface area contributed by atoms with Crippen LogP contribution in [-0.2, 0) is 4.74 Å². The number of hydrogen-bond donors (Lipinski definition) is 0. The van der Waals surface area contributed by atoms with E-state index in [0.29, 0.717) is 0 Å². The molecule has 0 spiro atoms. The molecule has 2 atom stereocenters. The number of nitrogens with zero attached hydrogens (tertiary/aromatic N) is 1. The molecular weight excluding hydrogens is 138 g/mol. The fourth-order valence-corrected chi connectivity index (χ4v) is 1.83. The van der Waals surface area contributed by atoms with Gasteiger partial charge in [0.2, 0.25) is 0 Å². The molecule has 2 rings (SSSR count). The maximum atomic E-state index is 8.81. The van der Waals surface area contributed by atoms with Crippen LogP contribution in [0.25, 0.3) is 0 Å². The van der Waals surface area contributed by atoms with Crippen LogP contribution in [0.15, 0.2) is 0 Å². The van der Waals surface area contributed by atoms with E-state index in [0.717, 1.165) is 25.4 Å². The molecule has 1 heterocycles. The Morgan fingerprint density at radius 2 is 2.09 bits per heavy atom. The first kappa shape index (κ1) is 7.12. The standard InChI is InChI=1S/C9H13NO/c10-6-8-2-1-5-11-9(8)7-3-4-7/h7-9H,1-5H2. The average molecular weight is 151 g/mol. The van der Waals surface area contributed by atoms with Crippen molar-refractivity contribution in [2.75, 3.05) is 6.61 Å². The molecule has 1 aliphatic heterocycles. The minimum Gasteiger partial charge on any atom is -0.377 e. The third kappa shape index (κ3) is 1.39. The van der Waals surface area contributed by atoms with Gasteiger partial charge in [-0.05, 0) is 31.6 Å². The fraction of sp³-hybridized carbons (Fsp3) is 0.889. The van der Waals surface area contributed by atoms with E-state index >= 15 is 0 Å². The molecule has 0 radical (unpaired) electrons. The van der Waals surface area contributed by atoms with Crippen LogP contribution < -0.4 is 0 Å². The van der Waals surface area contributed by atoms with Gasteiger partial charge in [0.05, 0.1) is 18.1 Å². The first-order valence-electron chi connectivity index (χ1n) is 4.43. The van der Waals surface area contributed by atoms with E-state index in [1.54, 1.807) is 0 Å². The maximum Gasteiger partial charge on any atom is 0.0761 e. The zero-order chi connectivity index (χ0) is 7.68. The Morgan fingerprint density at radius 1 is 1.27 bits per heavy atom. The van der Waals surface area contributed by atoms with Gasteiger partial charge in [-0.3, -0.25) is 0 Å². The highest BCUT2D eigenvalue weighted by molar-refractivity contribution is 4.97. The molecule has 0 amide bonds. The Kier molecular flexibility index (Phi) is 1.83. The summed E-state index contributed by atoms with van der Waals surface area (Å²) in [5.41, 5.74) is 0. The van der Waals surface area contributed by atoms with Crippen molar-refractivity contribution in [3.05, 3.63) is 0 Å². The first-order chi connectivity index (χ1) is 5.42. The lowest BCUT2D eigenvalue weighted by molar-refractivity contribution is -0.0217. The van der Waals surface area contributed by atoms with Gasteiger partial charge in [0.25, 0.3) is 0 Å². The van der Waals surface area contributed by atoms with E-state index in [1.807, 2.05) is 0 Å². The summed E-state index contributed by atoms with van der Waals surface area (Å²) in [7, 11) is 0. The van der Waals surface area contributed by atoms with Crippen molar-refractivity contribution < 1.29 is 4.74 Å². The summed E-state index contributed by atoms with van der Waals surface area (Å²) in [6.45, 7) is 0.874. The molecule has 2 nitrogen and oxygen atoms in total. The van der Waals surface area contributed by atoms with Crippen LogP contribution in [0.5, 0.6) is 0 Å². The highest BCUT2D eigenvalue weighted by Crippen LogP contribution is 2.40. The van der Waals surface area contributed by atoms with Gasteiger partial charge in [-0.25, -0.2) is 0 Å². The summed E-state index contributed by atoms with van der Waals surface area (Å²) < 4.78 is 5.58. The van der Waals surface area contributed by atoms with Crippen molar-refractivity contribution in [3.63, 3.8) is 0 Å². The molecule has 2 fully saturated rings. The number of nitriles is 1. The second kappa shape index (κ2) is 2.83. The summed E-state index contributed by atoms with van der Waals surface area (Å²) in [4.78, 5) is 0. The minimum absolute atomic E-state index is 0.191. The SMILES string of the molecule is N#CC1CCCOC1C1CC1. The molecule has 1 saturated heterocycles. The Labute approximate surface area is 67.2 Å². The van der Waals surface area contributed by atoms with Crippen molar-refractivity contribution >= 4 is 0 Å². The number of rotatable bonds is 1. The van der Waals surface area contributed by atoms with Gasteiger partial charge in [-0.1, -0.05) is 0 Å². The van der Waals surface area contributed by atoms with Gasteiger partial charge in [0, 0.05) is 6.61 Å². The lowest BCUT2D eigenvalue weighted by Gasteiger charge is -2.26. The highest BCUT2D eigenvalue weighted by Gasteiger charge is 2.38. The summed E-state index contributed by atoms with van der Waals surface area (Å²) in [5, 5.41) is 8.81. The van der Waals surface area contributed by atoms with Crippen LogP contribution in [-0.4, -0.2) is 12.7 Å². The summed E-state index contributed by atoms with van der Waals surface area (Å²) >= 11 is 0. The summed E-state index contributed by atoms with van der Waals surface area (Å²) in [6, 6.07) is 2.35. The molecule has 0 aromatic heterocycles. The normalized spacial score (nSPS) is 38.1. The van der Waals surface area contributed by atoms with E-state index in [2.05, 4.69) is 6.07 Å². The lowest BCUT2D eigenvalue weighted by atomic mass is 9.93. The predicted octanol–water partition coefficient (Wildman–Crippen LogP) is 1.72. The van der Waals surface area contributed by atoms with Gasteiger partial charge in [-0.15, -0.1) is 0 Å². The van der Waals surface area contributed by atoms with Crippen LogP contribution in [0.1, 0.15) is 25.7 Å². The Hall–Kier alpha value is -0.550. The predicted molar refractivity (Wildman–Crippen MR) is 40.8 cm³/mol. The van der Waals surface area contributed by atoms with E-state index in [-0.39, 0.29) is 12.0 Å². The molecule has 0 bridgehead atoms. The van der Waals surface area contributed by atoms with Crippen LogP contribution in [0.2, 0.25) is 0 Å². The Bertz CT molecular complexity index is 180. The smallest absolute Gasteiger partial charge is 0.0761 e. The van der Waals surface area contributed by atoms with E-state index in [9.17, 15) is 0 Å². The van der Waals surface area contributed by atoms with Gasteiger partial charge in [0.1, 0.15) is 0 Å². The Morgan fingerprint density at radius 3 is 2.73 bits per heavy atom. The van der Waals surface area contributed by atoms with E-state index in [1.165, 1.54) is 12.8 Å². The van der Waals surface area contributed by atoms with Gasteiger partial charge < -0.3 is 4.74 Å². The molecule has 2 aliphatic rings. The molecule has 60 valence electrons. The number of hydrogen-bond acceptors (Lipinski definition) is 2. The van der Waals surface area contributed by atoms with Crippen molar-refractivity contribution in [2.45, 2.75) is 31.8 Å². The van der Waals surface area contributed by atoms with Crippen molar-refractivity contribution in [3.8, 4) is 6.07 Å². The van der Waals surface area contributed by atoms with Gasteiger partial charge in [-0.2, -0.15) is 5.26 Å². The lowest BCUT2D eigenvalue weighted by Crippen LogP contribution is -2.30. The van der Waals surface area contributed by atoms with Crippen LogP contribution >= 0.6 is 0 Å². The third-order valence-electron chi connectivity index (χ3n) is 2.62. The summed E-state index contributed by atoms with van der Waals surface area (Å²) in [5.74, 6) is 0.913. The van der Waals surface area contributed by atoms with Crippen molar-refractivity contribution in [2.24, 2.45) is 11.8 Å². The van der Waals surface area contributed by atoms with E-state index in [4.69, 9.17) is 10.00 Å². The molecule has 0 aromatic rings. The van der Waals surface area contributed by atoms with E-state index < -0.39 is 0 Å². The highest BCUT2D eigenvalue weighted by atomic mass is 16.5. The molecule has 11 heavy (non-hydrogen) atoms. The average Bonchev–Trinajstić information content (AvgIpc) is 2.87. The molecule has 0 aromatic carbocycles. The molecule has 2 heteroatoms. The van der Waals surface area contributed by atoms with Gasteiger partial charge >= 0.3 is 0 Å². The zero-order valence-corrected chi connectivity index (χ0v) is 6.62. The zero-order valence-electron chi connectivity index (χ0n) is 6.62. The van der Waals surface area contributed by atoms with Crippen molar-refractivity contribution in [1.29, 1.82) is 5.26 Å². The van der Waals surface area contributed by atoms with Crippen LogP contribution in [0, 0.1) is 23.2 Å². The van der Waals surface area contributed by atoms with Crippen LogP contribution in [0.4, 0.5) is 0 Å². The third-order valence-corrected chi connectivity index (χ3v) is 2.62. The quantitative estimate of drug-likeness (QED) is 0.571. The molecular formula is C9H13NO. The Balaban J connectivity index is 1.97. The molecule has 1 saturated carbocycles. The van der Waals surface area contributed by atoms with Gasteiger partial charge in [0.15, 0.2) is 0 Å². The molecule has 2 unspecified atom stereocenters. The second-order valence-corrected chi connectivity index (χ2v) is 3.55. The monoisotopic (exact) mass is 151 g/mol. The molecule has 1 aliphatic carbocycles. The number of ether oxygens (including phenoxy) is 1. The molecule has 0 N–H and O–H groups in total. The fourth-order valence-electron chi connectivity index (χ4n) is 1.83.